The van der Waals surface area contributed by atoms with Crippen molar-refractivity contribution in [1.82, 2.24) is 9.47 Å². The van der Waals surface area contributed by atoms with Crippen molar-refractivity contribution in [2.75, 3.05) is 44.7 Å². The molecule has 8 heteroatoms. The molecule has 1 aromatic heterocycles. The van der Waals surface area contributed by atoms with Crippen molar-refractivity contribution in [2.45, 2.75) is 32.9 Å². The molecule has 0 amide bonds. The molecular weight excluding hydrogens is 377 g/mol. The number of hydrogen-bond donors (Lipinski definition) is 0. The van der Waals surface area contributed by atoms with Gasteiger partial charge in [-0.3, -0.25) is 4.79 Å². The molecule has 7 nitrogen and oxygen atoms in total. The van der Waals surface area contributed by atoms with Gasteiger partial charge in [0, 0.05) is 32.4 Å². The van der Waals surface area contributed by atoms with Crippen LogP contribution in [0.2, 0.25) is 0 Å². The normalized spacial score (nSPS) is 19.5. The molecule has 2 aliphatic heterocycles. The van der Waals surface area contributed by atoms with Gasteiger partial charge in [0.05, 0.1) is 23.0 Å². The van der Waals surface area contributed by atoms with E-state index in [9.17, 15) is 9.59 Å². The summed E-state index contributed by atoms with van der Waals surface area (Å²) in [4.78, 5) is 29.6. The van der Waals surface area contributed by atoms with Gasteiger partial charge in [0.15, 0.2) is 11.6 Å². The predicted molar refractivity (Wildman–Crippen MR) is 109 cm³/mol. The van der Waals surface area contributed by atoms with Crippen LogP contribution in [0.3, 0.4) is 0 Å². The van der Waals surface area contributed by atoms with E-state index in [2.05, 4.69) is 4.90 Å². The van der Waals surface area contributed by atoms with E-state index in [-0.39, 0.29) is 23.1 Å². The summed E-state index contributed by atoms with van der Waals surface area (Å²) >= 11 is 0. The maximum absolute atomic E-state index is 15.2. The summed E-state index contributed by atoms with van der Waals surface area (Å²) in [5.74, 6) is -0.826. The Hall–Kier alpha value is -2.61. The molecule has 1 aromatic carbocycles. The fraction of sp³-hybridized carbons (Fsp3) is 0.524. The van der Waals surface area contributed by atoms with Gasteiger partial charge in [-0.2, -0.15) is 0 Å². The highest BCUT2D eigenvalue weighted by atomic mass is 19.1. The van der Waals surface area contributed by atoms with Gasteiger partial charge in [0.25, 0.3) is 0 Å². The minimum Gasteiger partial charge on any atom is -0.487 e. The minimum absolute atomic E-state index is 0.0855. The first kappa shape index (κ1) is 19.7. The third kappa shape index (κ3) is 3.35. The zero-order valence-corrected chi connectivity index (χ0v) is 17.2. The fourth-order valence-corrected chi connectivity index (χ4v) is 3.96. The van der Waals surface area contributed by atoms with Crippen molar-refractivity contribution in [1.29, 1.82) is 0 Å². The van der Waals surface area contributed by atoms with E-state index in [1.54, 1.807) is 13.8 Å². The summed E-state index contributed by atoms with van der Waals surface area (Å²) in [7, 11) is 2.03. The molecular formula is C21H26FN3O4. The highest BCUT2D eigenvalue weighted by molar-refractivity contribution is 5.98. The van der Waals surface area contributed by atoms with Gasteiger partial charge in [-0.25, -0.2) is 9.18 Å². The summed E-state index contributed by atoms with van der Waals surface area (Å²) in [5.41, 5.74) is 0.302. The topological polar surface area (TPSA) is 64.0 Å². The maximum Gasteiger partial charge on any atom is 0.343 e. The van der Waals surface area contributed by atoms with Gasteiger partial charge in [0.2, 0.25) is 5.43 Å². The predicted octanol–water partition coefficient (Wildman–Crippen LogP) is 2.41. The molecule has 0 aliphatic carbocycles. The summed E-state index contributed by atoms with van der Waals surface area (Å²) in [5, 5.41) is 0.139. The Balaban J connectivity index is 1.93. The first-order valence-corrected chi connectivity index (χ1v) is 9.96. The van der Waals surface area contributed by atoms with E-state index >= 15 is 4.39 Å². The average molecular weight is 403 g/mol. The standard InChI is InChI=1S/C21H26FN3O4/c1-12(2)29-21(27)15-10-25-13(3)11-28-20-17(25)14(19(15)26)9-16(22)18(20)24-7-5-23(4)6-8-24/h9-10,12-13H,5-8,11H2,1-4H3. The van der Waals surface area contributed by atoms with Crippen LogP contribution in [0.25, 0.3) is 10.9 Å². The molecule has 2 aliphatic rings. The Morgan fingerprint density at radius 1 is 1.28 bits per heavy atom. The first-order valence-electron chi connectivity index (χ1n) is 9.96. The van der Waals surface area contributed by atoms with Crippen LogP contribution in [-0.4, -0.2) is 61.4 Å². The van der Waals surface area contributed by atoms with Crippen molar-refractivity contribution in [2.24, 2.45) is 0 Å². The molecule has 0 saturated carbocycles. The molecule has 29 heavy (non-hydrogen) atoms. The quantitative estimate of drug-likeness (QED) is 0.734. The number of piperazine rings is 1. The second-order valence-electron chi connectivity index (χ2n) is 8.12. The smallest absolute Gasteiger partial charge is 0.343 e. The molecule has 1 fully saturated rings. The monoisotopic (exact) mass is 403 g/mol. The number of aromatic nitrogens is 1. The lowest BCUT2D eigenvalue weighted by Crippen LogP contribution is -2.45. The summed E-state index contributed by atoms with van der Waals surface area (Å²) in [6, 6.07) is 1.13. The third-order valence-corrected chi connectivity index (χ3v) is 5.52. The van der Waals surface area contributed by atoms with E-state index in [0.29, 0.717) is 36.6 Å². The molecule has 0 N–H and O–H groups in total. The molecule has 0 bridgehead atoms. The highest BCUT2D eigenvalue weighted by Crippen LogP contribution is 2.42. The number of benzene rings is 1. The molecule has 0 radical (unpaired) electrons. The summed E-state index contributed by atoms with van der Waals surface area (Å²) in [6.45, 7) is 8.69. The number of likely N-dealkylation sites (N-methyl/N-ethyl adjacent to an activating group) is 1. The molecule has 1 saturated heterocycles. The Labute approximate surface area is 168 Å². The van der Waals surface area contributed by atoms with Crippen LogP contribution in [0, 0.1) is 5.82 Å². The van der Waals surface area contributed by atoms with Crippen LogP contribution >= 0.6 is 0 Å². The lowest BCUT2D eigenvalue weighted by atomic mass is 10.1. The SMILES string of the molecule is CC(C)OC(=O)c1cn2c3c(c(N4CCN(C)CC4)c(F)cc3c1=O)OCC2C. The van der Waals surface area contributed by atoms with Crippen LogP contribution in [0.1, 0.15) is 37.2 Å². The zero-order chi connectivity index (χ0) is 20.9. The largest absolute Gasteiger partial charge is 0.487 e. The van der Waals surface area contributed by atoms with Crippen LogP contribution in [-0.2, 0) is 4.74 Å². The lowest BCUT2D eigenvalue weighted by Gasteiger charge is -2.37. The Morgan fingerprint density at radius 3 is 2.62 bits per heavy atom. The van der Waals surface area contributed by atoms with Gasteiger partial charge < -0.3 is 23.8 Å². The lowest BCUT2D eigenvalue weighted by molar-refractivity contribution is 0.0375. The number of anilines is 1. The molecule has 156 valence electrons. The first-order chi connectivity index (χ1) is 13.8. The number of esters is 1. The average Bonchev–Trinajstić information content (AvgIpc) is 2.66. The highest BCUT2D eigenvalue weighted by Gasteiger charge is 2.31. The van der Waals surface area contributed by atoms with Crippen LogP contribution in [0.4, 0.5) is 10.1 Å². The molecule has 1 unspecified atom stereocenters. The van der Waals surface area contributed by atoms with Gasteiger partial charge >= 0.3 is 5.97 Å². The number of ether oxygens (including phenoxy) is 2. The van der Waals surface area contributed by atoms with E-state index < -0.39 is 17.2 Å². The second-order valence-corrected chi connectivity index (χ2v) is 8.12. The van der Waals surface area contributed by atoms with Gasteiger partial charge in [-0.1, -0.05) is 0 Å². The van der Waals surface area contributed by atoms with Gasteiger partial charge in [0.1, 0.15) is 17.9 Å². The number of hydrogen-bond acceptors (Lipinski definition) is 6. The van der Waals surface area contributed by atoms with E-state index in [0.717, 1.165) is 13.1 Å². The van der Waals surface area contributed by atoms with Crippen LogP contribution in [0.5, 0.6) is 5.75 Å². The van der Waals surface area contributed by atoms with E-state index in [4.69, 9.17) is 9.47 Å². The second kappa shape index (κ2) is 7.33. The molecule has 2 aromatic rings. The van der Waals surface area contributed by atoms with Crippen molar-refractivity contribution in [3.63, 3.8) is 0 Å². The Bertz CT molecular complexity index is 1020. The minimum atomic E-state index is -0.695. The Morgan fingerprint density at radius 2 is 1.97 bits per heavy atom. The number of carbonyl (C=O) groups excluding carboxylic acids is 1. The third-order valence-electron chi connectivity index (χ3n) is 5.52. The molecule has 3 heterocycles. The fourth-order valence-electron chi connectivity index (χ4n) is 3.96. The number of rotatable bonds is 3. The van der Waals surface area contributed by atoms with Crippen molar-refractivity contribution in [3.8, 4) is 5.75 Å². The van der Waals surface area contributed by atoms with E-state index in [1.807, 2.05) is 23.4 Å². The number of pyridine rings is 1. The summed E-state index contributed by atoms with van der Waals surface area (Å²) in [6.07, 6.45) is 1.17. The summed E-state index contributed by atoms with van der Waals surface area (Å²) < 4.78 is 28.2. The maximum atomic E-state index is 15.2. The number of halogens is 1. The molecule has 0 spiro atoms. The Kier molecular flexibility index (Phi) is 4.98. The van der Waals surface area contributed by atoms with Crippen LogP contribution in [0.15, 0.2) is 17.1 Å². The molecule has 4 rings (SSSR count). The molecule has 1 atom stereocenters. The van der Waals surface area contributed by atoms with Gasteiger partial charge in [-0.15, -0.1) is 0 Å². The van der Waals surface area contributed by atoms with Crippen molar-refractivity contribution < 1.29 is 18.7 Å². The van der Waals surface area contributed by atoms with Gasteiger partial charge in [-0.05, 0) is 33.9 Å². The van der Waals surface area contributed by atoms with Crippen LogP contribution < -0.4 is 15.1 Å². The van der Waals surface area contributed by atoms with E-state index in [1.165, 1.54) is 12.3 Å². The van der Waals surface area contributed by atoms with Crippen molar-refractivity contribution >= 4 is 22.6 Å². The number of carbonyl (C=O) groups is 1. The zero-order valence-electron chi connectivity index (χ0n) is 17.2. The van der Waals surface area contributed by atoms with Crippen molar-refractivity contribution in [3.05, 3.63) is 33.9 Å². The number of nitrogens with zero attached hydrogens (tertiary/aromatic N) is 3.